The Morgan fingerprint density at radius 1 is 0.963 bits per heavy atom. The summed E-state index contributed by atoms with van der Waals surface area (Å²) in [5, 5.41) is 3.51. The maximum absolute atomic E-state index is 12.1. The monoisotopic (exact) mass is 373 g/mol. The lowest BCUT2D eigenvalue weighted by Crippen LogP contribution is -2.07. The van der Waals surface area contributed by atoms with Gasteiger partial charge in [-0.15, -0.1) is 0 Å². The van der Waals surface area contributed by atoms with Gasteiger partial charge in [0, 0.05) is 22.3 Å². The molecule has 4 rings (SSSR count). The van der Waals surface area contributed by atoms with Crippen LogP contribution in [0.15, 0.2) is 78.9 Å². The minimum atomic E-state index is -0.193. The Bertz CT molecular complexity index is 1080. The highest BCUT2D eigenvalue weighted by Gasteiger charge is 2.05. The van der Waals surface area contributed by atoms with E-state index in [2.05, 4.69) is 15.3 Å². The van der Waals surface area contributed by atoms with Gasteiger partial charge in [-0.25, -0.2) is 4.98 Å². The van der Waals surface area contributed by atoms with Crippen molar-refractivity contribution in [2.45, 2.75) is 0 Å². The van der Waals surface area contributed by atoms with E-state index < -0.39 is 0 Å². The normalized spacial score (nSPS) is 11.1. The molecule has 27 heavy (non-hydrogen) atoms. The van der Waals surface area contributed by atoms with Gasteiger partial charge in [0.2, 0.25) is 5.91 Å². The molecule has 2 N–H and O–H groups in total. The molecule has 1 amide bonds. The maximum Gasteiger partial charge on any atom is 0.248 e. The number of para-hydroxylation sites is 2. The fraction of sp³-hybridized carbons (Fsp3) is 0. The summed E-state index contributed by atoms with van der Waals surface area (Å²) in [6, 6.07) is 22.8. The minimum Gasteiger partial charge on any atom is -0.338 e. The smallest absolute Gasteiger partial charge is 0.248 e. The summed E-state index contributed by atoms with van der Waals surface area (Å²) in [6.45, 7) is 0. The topological polar surface area (TPSA) is 57.8 Å². The molecule has 0 radical (unpaired) electrons. The number of fused-ring (bicyclic) bond motifs is 1. The molecule has 1 aromatic heterocycles. The van der Waals surface area contributed by atoms with Crippen LogP contribution >= 0.6 is 11.6 Å². The van der Waals surface area contributed by atoms with Crippen LogP contribution in [-0.2, 0) is 4.79 Å². The lowest BCUT2D eigenvalue weighted by atomic mass is 10.2. The molecule has 3 aromatic carbocycles. The van der Waals surface area contributed by atoms with Gasteiger partial charge in [-0.2, -0.15) is 0 Å². The van der Waals surface area contributed by atoms with E-state index in [4.69, 9.17) is 11.6 Å². The first kappa shape index (κ1) is 17.1. The van der Waals surface area contributed by atoms with Crippen molar-refractivity contribution in [3.63, 3.8) is 0 Å². The molecule has 132 valence electrons. The highest BCUT2D eigenvalue weighted by atomic mass is 35.5. The predicted molar refractivity (Wildman–Crippen MR) is 111 cm³/mol. The fourth-order valence-corrected chi connectivity index (χ4v) is 2.86. The Balaban J connectivity index is 1.44. The number of H-pyrrole nitrogens is 1. The average molecular weight is 374 g/mol. The zero-order valence-corrected chi connectivity index (χ0v) is 15.1. The first-order valence-electron chi connectivity index (χ1n) is 8.47. The van der Waals surface area contributed by atoms with Crippen molar-refractivity contribution in [3.8, 4) is 11.4 Å². The third-order valence-electron chi connectivity index (χ3n) is 4.11. The van der Waals surface area contributed by atoms with E-state index in [-0.39, 0.29) is 5.91 Å². The van der Waals surface area contributed by atoms with Crippen LogP contribution in [0.4, 0.5) is 5.69 Å². The van der Waals surface area contributed by atoms with E-state index in [1.54, 1.807) is 18.2 Å². The molecule has 0 saturated heterocycles. The number of halogens is 1. The van der Waals surface area contributed by atoms with Gasteiger partial charge in [0.05, 0.1) is 11.0 Å². The van der Waals surface area contributed by atoms with Crippen LogP contribution in [-0.4, -0.2) is 15.9 Å². The lowest BCUT2D eigenvalue weighted by molar-refractivity contribution is -0.111. The van der Waals surface area contributed by atoms with Gasteiger partial charge in [-0.3, -0.25) is 4.79 Å². The first-order chi connectivity index (χ1) is 13.2. The molecular formula is C22H16ClN3O. The number of carbonyl (C=O) groups excluding carboxylic acids is 1. The largest absolute Gasteiger partial charge is 0.338 e. The maximum atomic E-state index is 12.1. The van der Waals surface area contributed by atoms with Crippen molar-refractivity contribution in [3.05, 3.63) is 89.5 Å². The van der Waals surface area contributed by atoms with Gasteiger partial charge in [0.25, 0.3) is 0 Å². The van der Waals surface area contributed by atoms with Crippen LogP contribution in [0.2, 0.25) is 5.02 Å². The van der Waals surface area contributed by atoms with Gasteiger partial charge < -0.3 is 10.3 Å². The van der Waals surface area contributed by atoms with Gasteiger partial charge >= 0.3 is 0 Å². The number of benzene rings is 3. The van der Waals surface area contributed by atoms with Crippen LogP contribution in [0.25, 0.3) is 28.5 Å². The molecule has 0 atom stereocenters. The summed E-state index contributed by atoms with van der Waals surface area (Å²) in [4.78, 5) is 20.0. The van der Waals surface area contributed by atoms with Crippen LogP contribution in [0.5, 0.6) is 0 Å². The van der Waals surface area contributed by atoms with Gasteiger partial charge in [0.1, 0.15) is 5.82 Å². The number of aromatic amines is 1. The molecule has 4 aromatic rings. The molecule has 4 nitrogen and oxygen atoms in total. The van der Waals surface area contributed by atoms with Crippen molar-refractivity contribution < 1.29 is 4.79 Å². The zero-order chi connectivity index (χ0) is 18.6. The number of amides is 1. The highest BCUT2D eigenvalue weighted by molar-refractivity contribution is 6.30. The lowest BCUT2D eigenvalue weighted by Gasteiger charge is -2.03. The Kier molecular flexibility index (Phi) is 4.73. The van der Waals surface area contributed by atoms with E-state index in [0.717, 1.165) is 33.7 Å². The van der Waals surface area contributed by atoms with Crippen molar-refractivity contribution in [2.75, 3.05) is 5.32 Å². The Labute approximate surface area is 161 Å². The summed E-state index contributed by atoms with van der Waals surface area (Å²) in [5.41, 5.74) is 4.52. The molecule has 0 unspecified atom stereocenters. The summed E-state index contributed by atoms with van der Waals surface area (Å²) in [5.74, 6) is 0.609. The van der Waals surface area contributed by atoms with E-state index in [1.165, 1.54) is 6.08 Å². The number of imidazole rings is 1. The van der Waals surface area contributed by atoms with Gasteiger partial charge in [-0.1, -0.05) is 35.9 Å². The number of nitrogens with zero attached hydrogens (tertiary/aromatic N) is 1. The van der Waals surface area contributed by atoms with Crippen molar-refractivity contribution in [1.29, 1.82) is 0 Å². The first-order valence-corrected chi connectivity index (χ1v) is 8.85. The molecule has 0 aliphatic carbocycles. The Morgan fingerprint density at radius 3 is 2.44 bits per heavy atom. The molecule has 0 fully saturated rings. The van der Waals surface area contributed by atoms with E-state index >= 15 is 0 Å². The van der Waals surface area contributed by atoms with E-state index in [1.807, 2.05) is 60.7 Å². The highest BCUT2D eigenvalue weighted by Crippen LogP contribution is 2.22. The molecule has 0 spiro atoms. The van der Waals surface area contributed by atoms with E-state index in [9.17, 15) is 4.79 Å². The number of rotatable bonds is 4. The average Bonchev–Trinajstić information content (AvgIpc) is 3.12. The van der Waals surface area contributed by atoms with Gasteiger partial charge in [0.15, 0.2) is 0 Å². The van der Waals surface area contributed by atoms with E-state index in [0.29, 0.717) is 5.02 Å². The van der Waals surface area contributed by atoms with Crippen LogP contribution in [0.3, 0.4) is 0 Å². The number of hydrogen-bond acceptors (Lipinski definition) is 2. The van der Waals surface area contributed by atoms with Crippen LogP contribution in [0.1, 0.15) is 5.56 Å². The number of nitrogens with one attached hydrogen (secondary N) is 2. The third-order valence-corrected chi connectivity index (χ3v) is 4.36. The quantitative estimate of drug-likeness (QED) is 0.462. The summed E-state index contributed by atoms with van der Waals surface area (Å²) in [7, 11) is 0. The Hall–Kier alpha value is -3.37. The SMILES string of the molecule is O=C(/C=C/c1ccc(Cl)cc1)Nc1ccc(-c2nc3ccccc3[nH]2)cc1. The second-order valence-corrected chi connectivity index (χ2v) is 6.49. The summed E-state index contributed by atoms with van der Waals surface area (Å²) < 4.78 is 0. The van der Waals surface area contributed by atoms with Crippen molar-refractivity contribution in [1.82, 2.24) is 9.97 Å². The summed E-state index contributed by atoms with van der Waals surface area (Å²) in [6.07, 6.45) is 3.24. The molecule has 5 heteroatoms. The van der Waals surface area contributed by atoms with Crippen LogP contribution in [0, 0.1) is 0 Å². The number of aromatic nitrogens is 2. The fourth-order valence-electron chi connectivity index (χ4n) is 2.73. The molecule has 0 aliphatic heterocycles. The number of hydrogen-bond donors (Lipinski definition) is 2. The second kappa shape index (κ2) is 7.48. The minimum absolute atomic E-state index is 0.193. The van der Waals surface area contributed by atoms with Crippen LogP contribution < -0.4 is 5.32 Å². The standard InChI is InChI=1S/C22H16ClN3O/c23-17-10-5-15(6-11-17)7-14-21(27)24-18-12-8-16(9-13-18)22-25-19-3-1-2-4-20(19)26-22/h1-14H,(H,24,27)(H,25,26)/b14-7+. The van der Waals surface area contributed by atoms with Gasteiger partial charge in [-0.05, 0) is 60.2 Å². The van der Waals surface area contributed by atoms with Crippen molar-refractivity contribution >= 4 is 40.3 Å². The molecule has 0 bridgehead atoms. The van der Waals surface area contributed by atoms with Crippen molar-refractivity contribution in [2.24, 2.45) is 0 Å². The number of carbonyl (C=O) groups is 1. The second-order valence-electron chi connectivity index (χ2n) is 6.05. The third kappa shape index (κ3) is 4.07. The molecule has 1 heterocycles. The Morgan fingerprint density at radius 2 is 1.70 bits per heavy atom. The predicted octanol–water partition coefficient (Wildman–Crippen LogP) is 5.54. The summed E-state index contributed by atoms with van der Waals surface area (Å²) >= 11 is 5.85. The number of anilines is 1. The molecular weight excluding hydrogens is 358 g/mol. The molecule has 0 saturated carbocycles. The zero-order valence-electron chi connectivity index (χ0n) is 14.3. The molecule has 0 aliphatic rings.